The predicted octanol–water partition coefficient (Wildman–Crippen LogP) is 4.04. The van der Waals surface area contributed by atoms with Gasteiger partial charge >= 0.3 is 6.09 Å². The van der Waals surface area contributed by atoms with E-state index in [9.17, 15) is 9.90 Å². The number of carbonyl (C=O) groups is 1. The lowest BCUT2D eigenvalue weighted by Crippen LogP contribution is -2.47. The molecule has 1 fully saturated rings. The van der Waals surface area contributed by atoms with Crippen LogP contribution in [0, 0.1) is 0 Å². The monoisotopic (exact) mass is 468 g/mol. The molecule has 0 radical (unpaired) electrons. The van der Waals surface area contributed by atoms with Crippen molar-refractivity contribution in [2.24, 2.45) is 0 Å². The van der Waals surface area contributed by atoms with Crippen molar-refractivity contribution in [1.82, 2.24) is 24.8 Å². The van der Waals surface area contributed by atoms with Crippen LogP contribution in [-0.4, -0.2) is 64.5 Å². The number of rotatable bonds is 8. The third-order valence-corrected chi connectivity index (χ3v) is 7.61. The number of fused-ring (bicyclic) bond motifs is 1. The van der Waals surface area contributed by atoms with Crippen LogP contribution in [0.2, 0.25) is 25.7 Å². The smallest absolute Gasteiger partial charge is 0.404 e. The van der Waals surface area contributed by atoms with Crippen molar-refractivity contribution in [1.29, 1.82) is 0 Å². The molecule has 1 aliphatic heterocycles. The number of amides is 1. The van der Waals surface area contributed by atoms with Gasteiger partial charge in [0.1, 0.15) is 18.7 Å². The molecule has 9 nitrogen and oxygen atoms in total. The second kappa shape index (κ2) is 9.88. The van der Waals surface area contributed by atoms with Gasteiger partial charge < -0.3 is 24.6 Å². The largest absolute Gasteiger partial charge is 0.465 e. The molecule has 1 aliphatic rings. The van der Waals surface area contributed by atoms with E-state index in [0.29, 0.717) is 13.3 Å². The molecule has 1 amide bonds. The van der Waals surface area contributed by atoms with Crippen LogP contribution in [0.1, 0.15) is 12.8 Å². The van der Waals surface area contributed by atoms with Crippen molar-refractivity contribution in [3.63, 3.8) is 0 Å². The summed E-state index contributed by atoms with van der Waals surface area (Å²) < 4.78 is 8.07. The van der Waals surface area contributed by atoms with Gasteiger partial charge in [0.15, 0.2) is 0 Å². The number of hydrogen-bond donors (Lipinski definition) is 2. The van der Waals surface area contributed by atoms with E-state index >= 15 is 0 Å². The Kier molecular flexibility index (Phi) is 6.94. The van der Waals surface area contributed by atoms with Crippen molar-refractivity contribution < 1.29 is 14.6 Å². The second-order valence-corrected chi connectivity index (χ2v) is 15.3. The zero-order valence-electron chi connectivity index (χ0n) is 19.5. The molecule has 0 bridgehead atoms. The summed E-state index contributed by atoms with van der Waals surface area (Å²) in [5.74, 6) is 0. The lowest BCUT2D eigenvalue weighted by atomic mass is 10.0. The topological polar surface area (TPSA) is 105 Å². The van der Waals surface area contributed by atoms with Crippen molar-refractivity contribution in [2.75, 3.05) is 24.6 Å². The Morgan fingerprint density at radius 2 is 2.12 bits per heavy atom. The zero-order valence-corrected chi connectivity index (χ0v) is 20.5. The minimum Gasteiger partial charge on any atom is -0.465 e. The molecule has 0 aliphatic carbocycles. The van der Waals surface area contributed by atoms with Crippen LogP contribution in [0.3, 0.4) is 0 Å². The molecule has 10 heteroatoms. The van der Waals surface area contributed by atoms with Gasteiger partial charge in [-0.2, -0.15) is 0 Å². The molecule has 0 aromatic carbocycles. The molecule has 4 heterocycles. The summed E-state index contributed by atoms with van der Waals surface area (Å²) in [5, 5.41) is 12.8. The molecule has 3 aromatic heterocycles. The van der Waals surface area contributed by atoms with E-state index in [1.807, 2.05) is 22.9 Å². The average Bonchev–Trinajstić information content (AvgIpc) is 3.15. The number of piperidine rings is 1. The Labute approximate surface area is 194 Å². The Balaban J connectivity index is 1.69. The summed E-state index contributed by atoms with van der Waals surface area (Å²) in [5.41, 5.74) is 3.66. The van der Waals surface area contributed by atoms with E-state index in [4.69, 9.17) is 4.74 Å². The van der Waals surface area contributed by atoms with Crippen LogP contribution >= 0.6 is 0 Å². The minimum absolute atomic E-state index is 0.103. The summed E-state index contributed by atoms with van der Waals surface area (Å²) in [4.78, 5) is 26.7. The Morgan fingerprint density at radius 1 is 1.27 bits per heavy atom. The summed E-state index contributed by atoms with van der Waals surface area (Å²) in [6.45, 7) is 9.65. The molecule has 1 saturated heterocycles. The van der Waals surface area contributed by atoms with Gasteiger partial charge in [-0.05, 0) is 31.0 Å². The first-order valence-corrected chi connectivity index (χ1v) is 15.1. The average molecular weight is 469 g/mol. The number of anilines is 1. The Morgan fingerprint density at radius 3 is 2.85 bits per heavy atom. The van der Waals surface area contributed by atoms with Crippen LogP contribution in [0.15, 0.2) is 37.1 Å². The molecule has 3 aromatic rings. The van der Waals surface area contributed by atoms with Crippen LogP contribution < -0.4 is 10.2 Å². The fourth-order valence-corrected chi connectivity index (χ4v) is 4.99. The summed E-state index contributed by atoms with van der Waals surface area (Å²) in [6, 6.07) is 4.91. The van der Waals surface area contributed by atoms with Gasteiger partial charge in [-0.25, -0.2) is 19.7 Å². The van der Waals surface area contributed by atoms with Crippen LogP contribution in [0.4, 0.5) is 10.5 Å². The van der Waals surface area contributed by atoms with Gasteiger partial charge in [0.2, 0.25) is 0 Å². The molecule has 0 spiro atoms. The molecule has 176 valence electrons. The Hall–Kier alpha value is -2.98. The van der Waals surface area contributed by atoms with Crippen molar-refractivity contribution in [2.45, 2.75) is 51.3 Å². The molecule has 1 atom stereocenters. The van der Waals surface area contributed by atoms with Gasteiger partial charge in [-0.15, -0.1) is 0 Å². The van der Waals surface area contributed by atoms with Crippen LogP contribution in [-0.2, 0) is 11.5 Å². The number of nitrogens with one attached hydrogen (secondary N) is 1. The van der Waals surface area contributed by atoms with Gasteiger partial charge in [-0.1, -0.05) is 19.6 Å². The van der Waals surface area contributed by atoms with E-state index in [1.165, 1.54) is 0 Å². The number of pyridine rings is 1. The molecule has 0 saturated carbocycles. The molecular weight excluding hydrogens is 436 g/mol. The molecule has 4 rings (SSSR count). The van der Waals surface area contributed by atoms with E-state index < -0.39 is 14.2 Å². The van der Waals surface area contributed by atoms with Crippen molar-refractivity contribution in [3.8, 4) is 11.3 Å². The van der Waals surface area contributed by atoms with Crippen LogP contribution in [0.25, 0.3) is 22.3 Å². The van der Waals surface area contributed by atoms with E-state index in [0.717, 1.165) is 60.0 Å². The number of nitrogens with zero attached hydrogens (tertiary/aromatic N) is 5. The van der Waals surface area contributed by atoms with Gasteiger partial charge in [0, 0.05) is 58.0 Å². The quantitative estimate of drug-likeness (QED) is 0.380. The molecule has 2 N–H and O–H groups in total. The van der Waals surface area contributed by atoms with Gasteiger partial charge in [-0.3, -0.25) is 0 Å². The number of carboxylic acid groups (broad SMARTS) is 1. The highest BCUT2D eigenvalue weighted by Crippen LogP contribution is 2.36. The second-order valence-electron chi connectivity index (χ2n) is 9.72. The highest BCUT2D eigenvalue weighted by atomic mass is 28.3. The Bertz CT molecular complexity index is 1100. The lowest BCUT2D eigenvalue weighted by molar-refractivity contribution is 0.0899. The van der Waals surface area contributed by atoms with E-state index in [2.05, 4.69) is 51.0 Å². The minimum atomic E-state index is -1.17. The SMILES string of the molecule is C[Si](C)(C)CCOCn1cc(-c2ccncn2)c2c(N3CCC[C@H](NC(=O)O)C3)ccnc21. The zero-order chi connectivity index (χ0) is 23.4. The maximum atomic E-state index is 11.2. The summed E-state index contributed by atoms with van der Waals surface area (Å²) in [7, 11) is -1.17. The lowest BCUT2D eigenvalue weighted by Gasteiger charge is -2.34. The third kappa shape index (κ3) is 5.69. The van der Waals surface area contributed by atoms with Crippen molar-refractivity contribution >= 4 is 30.9 Å². The number of hydrogen-bond acceptors (Lipinski definition) is 6. The number of ether oxygens (including phenoxy) is 1. The predicted molar refractivity (Wildman–Crippen MR) is 131 cm³/mol. The van der Waals surface area contributed by atoms with Crippen molar-refractivity contribution in [3.05, 3.63) is 37.1 Å². The maximum Gasteiger partial charge on any atom is 0.404 e. The highest BCUT2D eigenvalue weighted by molar-refractivity contribution is 6.76. The molecule has 33 heavy (non-hydrogen) atoms. The van der Waals surface area contributed by atoms with Gasteiger partial charge in [0.05, 0.1) is 16.8 Å². The normalized spacial score (nSPS) is 16.8. The first-order chi connectivity index (χ1) is 15.8. The van der Waals surface area contributed by atoms with E-state index in [1.54, 1.807) is 12.5 Å². The number of aromatic nitrogens is 4. The molecule has 0 unspecified atom stereocenters. The van der Waals surface area contributed by atoms with Gasteiger partial charge in [0.25, 0.3) is 0 Å². The highest BCUT2D eigenvalue weighted by Gasteiger charge is 2.25. The first kappa shape index (κ1) is 23.2. The fourth-order valence-electron chi connectivity index (χ4n) is 4.23. The standard InChI is InChI=1S/C23H32N6O3Si/c1-33(2,3)12-11-32-16-29-14-18(19-6-8-24-15-26-19)21-20(7-9-25-22(21)29)28-10-4-5-17(13-28)27-23(30)31/h6-9,14-15,17,27H,4-5,10-13,16H2,1-3H3,(H,30,31)/t17-/m0/s1. The summed E-state index contributed by atoms with van der Waals surface area (Å²) >= 11 is 0. The third-order valence-electron chi connectivity index (χ3n) is 5.91. The molecular formula is C23H32N6O3Si. The summed E-state index contributed by atoms with van der Waals surface area (Å²) in [6.07, 6.45) is 7.92. The first-order valence-electron chi connectivity index (χ1n) is 11.4. The maximum absolute atomic E-state index is 11.2. The van der Waals surface area contributed by atoms with E-state index in [-0.39, 0.29) is 6.04 Å². The fraction of sp³-hybridized carbons (Fsp3) is 0.478. The van der Waals surface area contributed by atoms with Crippen LogP contribution in [0.5, 0.6) is 0 Å².